The molecule has 1 saturated heterocycles. The largest absolute Gasteiger partial charge is 0.366 e. The van der Waals surface area contributed by atoms with E-state index in [4.69, 9.17) is 4.74 Å². The van der Waals surface area contributed by atoms with E-state index in [1.807, 2.05) is 0 Å². The molecule has 0 unspecified atom stereocenters. The lowest BCUT2D eigenvalue weighted by molar-refractivity contribution is -0.133. The molecule has 2 rings (SSSR count). The first-order valence-electron chi connectivity index (χ1n) is 7.98. The average Bonchev–Trinajstić information content (AvgIpc) is 2.33. The normalized spacial score (nSPS) is 20.6. The predicted octanol–water partition coefficient (Wildman–Crippen LogP) is 3.50. The molecular formula is C18H30N2O. The first kappa shape index (κ1) is 16.3. The Bertz CT molecular complexity index is 478. The summed E-state index contributed by atoms with van der Waals surface area (Å²) in [6, 6.07) is 6.81. The monoisotopic (exact) mass is 290 g/mol. The molecule has 1 aliphatic rings. The van der Waals surface area contributed by atoms with Gasteiger partial charge in [0.05, 0.1) is 11.2 Å². The maximum absolute atomic E-state index is 6.17. The Morgan fingerprint density at radius 2 is 1.76 bits per heavy atom. The second kappa shape index (κ2) is 5.98. The average molecular weight is 290 g/mol. The van der Waals surface area contributed by atoms with Gasteiger partial charge in [-0.25, -0.2) is 0 Å². The standard InChI is InChI=1S/C18H30N2O/c1-7-19-11-15-8-9-16(10-14(15)2)20-12-17(3,4)21-18(5,6)13-20/h8-10,19H,7,11-13H2,1-6H3. The van der Waals surface area contributed by atoms with Crippen molar-refractivity contribution in [3.63, 3.8) is 0 Å². The second-order valence-electron chi connectivity index (χ2n) is 7.37. The molecule has 1 aromatic carbocycles. The van der Waals surface area contributed by atoms with E-state index in [0.717, 1.165) is 26.2 Å². The minimum atomic E-state index is -0.113. The molecule has 1 heterocycles. The summed E-state index contributed by atoms with van der Waals surface area (Å²) in [7, 11) is 0. The van der Waals surface area contributed by atoms with Crippen molar-refractivity contribution in [1.29, 1.82) is 0 Å². The van der Waals surface area contributed by atoms with Crippen LogP contribution >= 0.6 is 0 Å². The molecule has 0 atom stereocenters. The number of benzene rings is 1. The number of hydrogen-bond donors (Lipinski definition) is 1. The Hall–Kier alpha value is -1.06. The zero-order valence-electron chi connectivity index (χ0n) is 14.4. The number of nitrogens with one attached hydrogen (secondary N) is 1. The number of ether oxygens (including phenoxy) is 1. The molecule has 1 aromatic rings. The van der Waals surface area contributed by atoms with Gasteiger partial charge in [0.15, 0.2) is 0 Å². The fourth-order valence-corrected chi connectivity index (χ4v) is 3.31. The fraction of sp³-hybridized carbons (Fsp3) is 0.667. The maximum atomic E-state index is 6.17. The van der Waals surface area contributed by atoms with Crippen LogP contribution in [0.3, 0.4) is 0 Å². The van der Waals surface area contributed by atoms with E-state index in [-0.39, 0.29) is 11.2 Å². The number of hydrogen-bond acceptors (Lipinski definition) is 3. The van der Waals surface area contributed by atoms with E-state index in [1.165, 1.54) is 16.8 Å². The number of aryl methyl sites for hydroxylation is 1. The van der Waals surface area contributed by atoms with Gasteiger partial charge in [0, 0.05) is 25.3 Å². The van der Waals surface area contributed by atoms with Crippen molar-refractivity contribution in [2.75, 3.05) is 24.5 Å². The Morgan fingerprint density at radius 3 is 2.29 bits per heavy atom. The zero-order valence-corrected chi connectivity index (χ0v) is 14.4. The van der Waals surface area contributed by atoms with E-state index in [0.29, 0.717) is 0 Å². The van der Waals surface area contributed by atoms with E-state index < -0.39 is 0 Å². The molecule has 0 bridgehead atoms. The highest BCUT2D eigenvalue weighted by atomic mass is 16.5. The van der Waals surface area contributed by atoms with Crippen molar-refractivity contribution in [2.45, 2.75) is 59.3 Å². The predicted molar refractivity (Wildman–Crippen MR) is 90.0 cm³/mol. The highest BCUT2D eigenvalue weighted by Crippen LogP contribution is 2.32. The van der Waals surface area contributed by atoms with Gasteiger partial charge in [-0.05, 0) is 64.4 Å². The quantitative estimate of drug-likeness (QED) is 0.918. The molecule has 0 aromatic heterocycles. The van der Waals surface area contributed by atoms with Crippen LogP contribution in [0.2, 0.25) is 0 Å². The Labute approximate surface area is 129 Å². The summed E-state index contributed by atoms with van der Waals surface area (Å²) in [6.07, 6.45) is 0. The maximum Gasteiger partial charge on any atom is 0.0808 e. The molecule has 1 fully saturated rings. The molecular weight excluding hydrogens is 260 g/mol. The third-order valence-electron chi connectivity index (χ3n) is 3.95. The van der Waals surface area contributed by atoms with Crippen LogP contribution < -0.4 is 10.2 Å². The van der Waals surface area contributed by atoms with Crippen LogP contribution in [0, 0.1) is 6.92 Å². The van der Waals surface area contributed by atoms with Gasteiger partial charge in [0.2, 0.25) is 0 Å². The Balaban J connectivity index is 2.19. The third-order valence-corrected chi connectivity index (χ3v) is 3.95. The number of nitrogens with zero attached hydrogens (tertiary/aromatic N) is 1. The van der Waals surface area contributed by atoms with Gasteiger partial charge in [-0.1, -0.05) is 13.0 Å². The number of anilines is 1. The molecule has 21 heavy (non-hydrogen) atoms. The van der Waals surface area contributed by atoms with Gasteiger partial charge in [0.1, 0.15) is 0 Å². The van der Waals surface area contributed by atoms with Gasteiger partial charge < -0.3 is 15.0 Å². The molecule has 3 nitrogen and oxygen atoms in total. The molecule has 0 aliphatic carbocycles. The van der Waals surface area contributed by atoms with Gasteiger partial charge in [-0.2, -0.15) is 0 Å². The minimum Gasteiger partial charge on any atom is -0.366 e. The van der Waals surface area contributed by atoms with Gasteiger partial charge in [-0.3, -0.25) is 0 Å². The third kappa shape index (κ3) is 4.21. The van der Waals surface area contributed by atoms with Crippen molar-refractivity contribution in [3.8, 4) is 0 Å². The topological polar surface area (TPSA) is 24.5 Å². The van der Waals surface area contributed by atoms with Crippen LogP contribution in [-0.2, 0) is 11.3 Å². The summed E-state index contributed by atoms with van der Waals surface area (Å²) in [6.45, 7) is 16.9. The van der Waals surface area contributed by atoms with Crippen LogP contribution in [0.4, 0.5) is 5.69 Å². The van der Waals surface area contributed by atoms with Crippen molar-refractivity contribution >= 4 is 5.69 Å². The highest BCUT2D eigenvalue weighted by Gasteiger charge is 2.38. The van der Waals surface area contributed by atoms with Gasteiger partial charge in [-0.15, -0.1) is 0 Å². The molecule has 3 heteroatoms. The van der Waals surface area contributed by atoms with Crippen molar-refractivity contribution < 1.29 is 4.74 Å². The van der Waals surface area contributed by atoms with Gasteiger partial charge >= 0.3 is 0 Å². The molecule has 118 valence electrons. The van der Waals surface area contributed by atoms with E-state index in [9.17, 15) is 0 Å². The summed E-state index contributed by atoms with van der Waals surface area (Å²) in [4.78, 5) is 2.45. The molecule has 0 amide bonds. The van der Waals surface area contributed by atoms with Crippen molar-refractivity contribution in [2.24, 2.45) is 0 Å². The van der Waals surface area contributed by atoms with Crippen LogP contribution in [0.1, 0.15) is 45.7 Å². The summed E-state index contributed by atoms with van der Waals surface area (Å²) in [5, 5.41) is 3.40. The summed E-state index contributed by atoms with van der Waals surface area (Å²) >= 11 is 0. The van der Waals surface area contributed by atoms with Crippen LogP contribution in [-0.4, -0.2) is 30.8 Å². The Kier molecular flexibility index (Phi) is 4.64. The molecule has 0 saturated carbocycles. The lowest BCUT2D eigenvalue weighted by Crippen LogP contribution is -2.57. The summed E-state index contributed by atoms with van der Waals surface area (Å²) in [5.74, 6) is 0. The second-order valence-corrected chi connectivity index (χ2v) is 7.37. The number of morpholine rings is 1. The van der Waals surface area contributed by atoms with Crippen molar-refractivity contribution in [3.05, 3.63) is 29.3 Å². The van der Waals surface area contributed by atoms with Crippen LogP contribution in [0.5, 0.6) is 0 Å². The molecule has 1 N–H and O–H groups in total. The lowest BCUT2D eigenvalue weighted by atomic mass is 9.97. The van der Waals surface area contributed by atoms with E-state index in [1.54, 1.807) is 0 Å². The van der Waals surface area contributed by atoms with Gasteiger partial charge in [0.25, 0.3) is 0 Å². The smallest absolute Gasteiger partial charge is 0.0808 e. The number of rotatable bonds is 4. The molecule has 0 spiro atoms. The molecule has 0 radical (unpaired) electrons. The Morgan fingerprint density at radius 1 is 1.14 bits per heavy atom. The summed E-state index contributed by atoms with van der Waals surface area (Å²) < 4.78 is 6.17. The summed E-state index contributed by atoms with van der Waals surface area (Å²) in [5.41, 5.74) is 3.82. The SMILES string of the molecule is CCNCc1ccc(N2CC(C)(C)OC(C)(C)C2)cc1C. The van der Waals surface area contributed by atoms with E-state index in [2.05, 4.69) is 70.0 Å². The van der Waals surface area contributed by atoms with Crippen LogP contribution in [0.25, 0.3) is 0 Å². The highest BCUT2D eigenvalue weighted by molar-refractivity contribution is 5.52. The fourth-order valence-electron chi connectivity index (χ4n) is 3.31. The first-order chi connectivity index (χ1) is 9.72. The lowest BCUT2D eigenvalue weighted by Gasteiger charge is -2.48. The van der Waals surface area contributed by atoms with Crippen LogP contribution in [0.15, 0.2) is 18.2 Å². The minimum absolute atomic E-state index is 0.113. The first-order valence-corrected chi connectivity index (χ1v) is 7.98. The van der Waals surface area contributed by atoms with Crippen molar-refractivity contribution in [1.82, 2.24) is 5.32 Å². The van der Waals surface area contributed by atoms with E-state index >= 15 is 0 Å². The molecule has 1 aliphatic heterocycles. The zero-order chi connectivity index (χ0) is 15.7.